The van der Waals surface area contributed by atoms with Crippen LogP contribution in [0.3, 0.4) is 0 Å². The molecular formula is C20H21FN4. The van der Waals surface area contributed by atoms with Gasteiger partial charge in [-0.15, -0.1) is 0 Å². The first kappa shape index (κ1) is 15.9. The Kier molecular flexibility index (Phi) is 3.17. The molecule has 0 bridgehead atoms. The molecule has 0 radical (unpaired) electrons. The Bertz CT molecular complexity index is 1030. The lowest BCUT2D eigenvalue weighted by atomic mass is 9.65. The van der Waals surface area contributed by atoms with Gasteiger partial charge in [0.2, 0.25) is 0 Å². The zero-order chi connectivity index (χ0) is 18.0. The third-order valence-electron chi connectivity index (χ3n) is 5.64. The van der Waals surface area contributed by atoms with E-state index in [1.807, 2.05) is 19.1 Å². The van der Waals surface area contributed by atoms with E-state index in [9.17, 15) is 4.39 Å². The van der Waals surface area contributed by atoms with Crippen LogP contribution in [0.4, 0.5) is 4.39 Å². The molecule has 0 saturated carbocycles. The molecule has 1 aliphatic rings. The van der Waals surface area contributed by atoms with E-state index in [2.05, 4.69) is 37.8 Å². The minimum absolute atomic E-state index is 0.183. The number of aliphatic imine (C=N–C) groups is 1. The summed E-state index contributed by atoms with van der Waals surface area (Å²) in [7, 11) is 0. The Hall–Kier alpha value is -2.56. The average Bonchev–Trinajstić information content (AvgIpc) is 2.92. The van der Waals surface area contributed by atoms with Crippen LogP contribution >= 0.6 is 0 Å². The number of benzene rings is 1. The quantitative estimate of drug-likeness (QED) is 0.672. The molecular weight excluding hydrogens is 315 g/mol. The van der Waals surface area contributed by atoms with E-state index >= 15 is 0 Å². The van der Waals surface area contributed by atoms with Crippen molar-refractivity contribution in [3.05, 3.63) is 65.0 Å². The zero-order valence-corrected chi connectivity index (χ0v) is 15.1. The fourth-order valence-corrected chi connectivity index (χ4v) is 3.51. The Morgan fingerprint density at radius 3 is 2.60 bits per heavy atom. The van der Waals surface area contributed by atoms with E-state index < -0.39 is 11.0 Å². The lowest BCUT2D eigenvalue weighted by Crippen LogP contribution is -2.46. The molecule has 0 fully saturated rings. The van der Waals surface area contributed by atoms with Crippen molar-refractivity contribution in [2.45, 2.75) is 45.6 Å². The molecule has 4 nitrogen and oxygen atoms in total. The number of rotatable bonds is 1. The summed E-state index contributed by atoms with van der Waals surface area (Å²) in [4.78, 5) is 9.31. The van der Waals surface area contributed by atoms with Crippen LogP contribution in [0.5, 0.6) is 0 Å². The smallest absolute Gasteiger partial charge is 0.127 e. The van der Waals surface area contributed by atoms with Crippen molar-refractivity contribution in [2.75, 3.05) is 0 Å². The number of imidazole rings is 1. The summed E-state index contributed by atoms with van der Waals surface area (Å²) >= 11 is 0. The van der Waals surface area contributed by atoms with Gasteiger partial charge < -0.3 is 0 Å². The van der Waals surface area contributed by atoms with Gasteiger partial charge in [-0.2, -0.15) is 5.10 Å². The molecule has 5 heteroatoms. The van der Waals surface area contributed by atoms with Gasteiger partial charge in [0.05, 0.1) is 29.2 Å². The van der Waals surface area contributed by atoms with E-state index in [4.69, 9.17) is 4.99 Å². The molecule has 3 aromatic rings. The number of aromatic nitrogens is 3. The molecule has 128 valence electrons. The molecule has 1 aromatic carbocycles. The molecule has 0 aliphatic carbocycles. The molecule has 0 unspecified atom stereocenters. The number of fused-ring (bicyclic) bond motifs is 2. The van der Waals surface area contributed by atoms with Crippen LogP contribution < -0.4 is 0 Å². The van der Waals surface area contributed by atoms with Crippen molar-refractivity contribution in [1.29, 1.82) is 0 Å². The number of hydrogen-bond acceptors (Lipinski definition) is 3. The van der Waals surface area contributed by atoms with Gasteiger partial charge in [-0.25, -0.2) is 13.9 Å². The van der Waals surface area contributed by atoms with E-state index in [0.717, 1.165) is 33.7 Å². The minimum atomic E-state index is -0.445. The number of hydrogen-bond donors (Lipinski definition) is 0. The Balaban J connectivity index is 2.00. The second-order valence-corrected chi connectivity index (χ2v) is 7.69. The van der Waals surface area contributed by atoms with Gasteiger partial charge in [0.25, 0.3) is 0 Å². The van der Waals surface area contributed by atoms with Crippen molar-refractivity contribution in [1.82, 2.24) is 14.6 Å². The zero-order valence-electron chi connectivity index (χ0n) is 15.1. The lowest BCUT2D eigenvalue weighted by molar-refractivity contribution is 0.293. The van der Waals surface area contributed by atoms with Crippen LogP contribution in [0.15, 0.2) is 41.7 Å². The predicted octanol–water partition coefficient (Wildman–Crippen LogP) is 4.08. The second-order valence-electron chi connectivity index (χ2n) is 7.69. The van der Waals surface area contributed by atoms with Gasteiger partial charge in [0.15, 0.2) is 0 Å². The maximum atomic E-state index is 14.8. The standard InChI is InChI=1S/C20H21FN4/c1-12-22-11-14-9-13(10-23-25(12)14)18-15-7-6-8-16(21)17(15)19(2,3)20(4,5)24-18/h6-11H,1-5H3. The Morgan fingerprint density at radius 2 is 1.84 bits per heavy atom. The van der Waals surface area contributed by atoms with Gasteiger partial charge in [-0.3, -0.25) is 4.99 Å². The lowest BCUT2D eigenvalue weighted by Gasteiger charge is -2.44. The van der Waals surface area contributed by atoms with Crippen molar-refractivity contribution in [3.8, 4) is 0 Å². The fourth-order valence-electron chi connectivity index (χ4n) is 3.51. The molecule has 3 heterocycles. The molecule has 0 saturated heterocycles. The average molecular weight is 336 g/mol. The first-order chi connectivity index (χ1) is 11.7. The van der Waals surface area contributed by atoms with Gasteiger partial charge in [0, 0.05) is 22.1 Å². The third kappa shape index (κ3) is 2.15. The summed E-state index contributed by atoms with van der Waals surface area (Å²) in [5.74, 6) is 0.650. The summed E-state index contributed by atoms with van der Waals surface area (Å²) in [6, 6.07) is 7.23. The van der Waals surface area contributed by atoms with Crippen LogP contribution in [0.2, 0.25) is 0 Å². The molecule has 0 N–H and O–H groups in total. The van der Waals surface area contributed by atoms with Gasteiger partial charge in [0.1, 0.15) is 11.6 Å². The van der Waals surface area contributed by atoms with E-state index in [1.54, 1.807) is 23.0 Å². The second kappa shape index (κ2) is 4.97. The summed E-state index contributed by atoms with van der Waals surface area (Å²) in [5, 5.41) is 4.47. The molecule has 25 heavy (non-hydrogen) atoms. The fraction of sp³-hybridized carbons (Fsp3) is 0.350. The van der Waals surface area contributed by atoms with Gasteiger partial charge in [-0.1, -0.05) is 26.0 Å². The van der Waals surface area contributed by atoms with Crippen LogP contribution in [0, 0.1) is 12.7 Å². The Morgan fingerprint density at radius 1 is 1.08 bits per heavy atom. The highest BCUT2D eigenvalue weighted by Crippen LogP contribution is 2.44. The maximum Gasteiger partial charge on any atom is 0.127 e. The normalized spacial score (nSPS) is 18.1. The summed E-state index contributed by atoms with van der Waals surface area (Å²) in [6.45, 7) is 10.1. The third-order valence-corrected chi connectivity index (χ3v) is 5.64. The number of halogens is 1. The minimum Gasteiger partial charge on any atom is -0.277 e. The summed E-state index contributed by atoms with van der Waals surface area (Å²) in [5.41, 5.74) is 3.26. The highest BCUT2D eigenvalue weighted by Gasteiger charge is 2.45. The molecule has 0 amide bonds. The van der Waals surface area contributed by atoms with Gasteiger partial charge in [-0.05, 0) is 32.9 Å². The van der Waals surface area contributed by atoms with Crippen molar-refractivity contribution in [3.63, 3.8) is 0 Å². The molecule has 4 rings (SSSR count). The highest BCUT2D eigenvalue weighted by molar-refractivity contribution is 6.15. The molecule has 0 spiro atoms. The number of nitrogens with zero attached hydrogens (tertiary/aromatic N) is 4. The molecule has 2 aromatic heterocycles. The van der Waals surface area contributed by atoms with Crippen LogP contribution in [0.1, 0.15) is 50.2 Å². The van der Waals surface area contributed by atoms with Crippen molar-refractivity contribution >= 4 is 11.2 Å². The molecule has 0 atom stereocenters. The monoisotopic (exact) mass is 336 g/mol. The van der Waals surface area contributed by atoms with Crippen molar-refractivity contribution < 1.29 is 4.39 Å². The van der Waals surface area contributed by atoms with E-state index in [1.165, 1.54) is 6.07 Å². The SMILES string of the molecule is Cc1ncc2cc(C3=NC(C)(C)C(C)(C)c4c(F)cccc43)cnn12. The first-order valence-electron chi connectivity index (χ1n) is 8.42. The Labute approximate surface area is 146 Å². The van der Waals surface area contributed by atoms with Crippen LogP contribution in [0.25, 0.3) is 5.52 Å². The van der Waals surface area contributed by atoms with Crippen molar-refractivity contribution in [2.24, 2.45) is 4.99 Å². The maximum absolute atomic E-state index is 14.8. The summed E-state index contributed by atoms with van der Waals surface area (Å²) in [6.07, 6.45) is 3.57. The first-order valence-corrected chi connectivity index (χ1v) is 8.42. The summed E-state index contributed by atoms with van der Waals surface area (Å²) < 4.78 is 16.6. The highest BCUT2D eigenvalue weighted by atomic mass is 19.1. The van der Waals surface area contributed by atoms with E-state index in [-0.39, 0.29) is 5.82 Å². The number of aryl methyl sites for hydroxylation is 1. The molecule has 1 aliphatic heterocycles. The topological polar surface area (TPSA) is 42.5 Å². The predicted molar refractivity (Wildman–Crippen MR) is 96.9 cm³/mol. The largest absolute Gasteiger partial charge is 0.277 e. The van der Waals surface area contributed by atoms with Crippen LogP contribution in [-0.4, -0.2) is 25.8 Å². The van der Waals surface area contributed by atoms with Crippen LogP contribution in [-0.2, 0) is 5.41 Å². The van der Waals surface area contributed by atoms with Gasteiger partial charge >= 0.3 is 0 Å². The van der Waals surface area contributed by atoms with E-state index in [0.29, 0.717) is 0 Å².